The molecule has 0 saturated carbocycles. The molecule has 2 nitrogen and oxygen atoms in total. The van der Waals surface area contributed by atoms with Gasteiger partial charge in [0.15, 0.2) is 0 Å². The van der Waals surface area contributed by atoms with E-state index in [1.165, 1.54) is 0 Å². The number of aryl methyl sites for hydroxylation is 1. The Balaban J connectivity index is 2.08. The van der Waals surface area contributed by atoms with E-state index >= 15 is 0 Å². The van der Waals surface area contributed by atoms with Gasteiger partial charge in [0.05, 0.1) is 10.0 Å². The molecule has 4 heteroatoms. The van der Waals surface area contributed by atoms with Crippen molar-refractivity contribution in [2.24, 2.45) is 0 Å². The highest BCUT2D eigenvalue weighted by molar-refractivity contribution is 6.42. The average molecular weight is 267 g/mol. The maximum atomic E-state index is 5.95. The number of rotatable bonds is 3. The zero-order valence-electron chi connectivity index (χ0n) is 9.37. The van der Waals surface area contributed by atoms with Gasteiger partial charge in [-0.2, -0.15) is 0 Å². The monoisotopic (exact) mass is 266 g/mol. The van der Waals surface area contributed by atoms with Gasteiger partial charge in [0.1, 0.15) is 5.82 Å². The number of nitrogens with zero attached hydrogens (tertiary/aromatic N) is 1. The minimum atomic E-state index is 0.573. The van der Waals surface area contributed by atoms with E-state index in [1.54, 1.807) is 12.3 Å². The molecule has 1 N–H and O–H groups in total. The Kier molecular flexibility index (Phi) is 3.87. The van der Waals surface area contributed by atoms with Gasteiger partial charge < -0.3 is 5.32 Å². The number of hydrogen-bond donors (Lipinski definition) is 1. The average Bonchev–Trinajstić information content (AvgIpc) is 2.32. The van der Waals surface area contributed by atoms with Crippen molar-refractivity contribution in [3.05, 3.63) is 57.7 Å². The SMILES string of the molecule is Cc1cccnc1NCc1ccc(Cl)c(Cl)c1. The predicted molar refractivity (Wildman–Crippen MR) is 72.8 cm³/mol. The van der Waals surface area contributed by atoms with Crippen molar-refractivity contribution in [3.8, 4) is 0 Å². The van der Waals surface area contributed by atoms with Crippen LogP contribution in [0.25, 0.3) is 0 Å². The zero-order chi connectivity index (χ0) is 12.3. The Labute approximate surface area is 111 Å². The lowest BCUT2D eigenvalue weighted by Gasteiger charge is -2.08. The molecule has 0 bridgehead atoms. The molecule has 2 rings (SSSR count). The van der Waals surface area contributed by atoms with Crippen molar-refractivity contribution in [1.82, 2.24) is 4.98 Å². The molecule has 0 amide bonds. The van der Waals surface area contributed by atoms with Crippen molar-refractivity contribution in [2.75, 3.05) is 5.32 Å². The van der Waals surface area contributed by atoms with Gasteiger partial charge in [-0.25, -0.2) is 4.98 Å². The largest absolute Gasteiger partial charge is 0.366 e. The van der Waals surface area contributed by atoms with Crippen molar-refractivity contribution in [2.45, 2.75) is 13.5 Å². The molecule has 2 aromatic rings. The number of anilines is 1. The number of halogens is 2. The normalized spacial score (nSPS) is 10.3. The standard InChI is InChI=1S/C13H12Cl2N2/c1-9-3-2-6-16-13(9)17-8-10-4-5-11(14)12(15)7-10/h2-7H,8H2,1H3,(H,16,17). The van der Waals surface area contributed by atoms with Crippen LogP contribution in [0.1, 0.15) is 11.1 Å². The highest BCUT2D eigenvalue weighted by Crippen LogP contribution is 2.23. The first-order chi connectivity index (χ1) is 8.16. The van der Waals surface area contributed by atoms with Crippen molar-refractivity contribution in [1.29, 1.82) is 0 Å². The molecular formula is C13H12Cl2N2. The smallest absolute Gasteiger partial charge is 0.129 e. The van der Waals surface area contributed by atoms with Gasteiger partial charge in [-0.05, 0) is 36.2 Å². The second-order valence-corrected chi connectivity index (χ2v) is 4.59. The fourth-order valence-electron chi connectivity index (χ4n) is 1.51. The fourth-order valence-corrected chi connectivity index (χ4v) is 1.83. The summed E-state index contributed by atoms with van der Waals surface area (Å²) >= 11 is 11.8. The molecule has 1 aromatic carbocycles. The van der Waals surface area contributed by atoms with Gasteiger partial charge in [-0.15, -0.1) is 0 Å². The summed E-state index contributed by atoms with van der Waals surface area (Å²) in [5.41, 5.74) is 2.19. The van der Waals surface area contributed by atoms with Gasteiger partial charge >= 0.3 is 0 Å². The summed E-state index contributed by atoms with van der Waals surface area (Å²) in [6, 6.07) is 9.53. The molecular weight excluding hydrogens is 255 g/mol. The quantitative estimate of drug-likeness (QED) is 0.896. The summed E-state index contributed by atoms with van der Waals surface area (Å²) in [7, 11) is 0. The molecule has 0 spiro atoms. The van der Waals surface area contributed by atoms with E-state index in [2.05, 4.69) is 10.3 Å². The highest BCUT2D eigenvalue weighted by atomic mass is 35.5. The van der Waals surface area contributed by atoms with Crippen LogP contribution in [-0.2, 0) is 6.54 Å². The third kappa shape index (κ3) is 3.11. The van der Waals surface area contributed by atoms with Gasteiger partial charge in [0, 0.05) is 12.7 Å². The van der Waals surface area contributed by atoms with Crippen LogP contribution in [0.2, 0.25) is 10.0 Å². The highest BCUT2D eigenvalue weighted by Gasteiger charge is 2.01. The Morgan fingerprint density at radius 3 is 2.71 bits per heavy atom. The maximum absolute atomic E-state index is 5.95. The van der Waals surface area contributed by atoms with Crippen molar-refractivity contribution < 1.29 is 0 Å². The van der Waals surface area contributed by atoms with E-state index in [0.717, 1.165) is 16.9 Å². The summed E-state index contributed by atoms with van der Waals surface area (Å²) < 4.78 is 0. The number of pyridine rings is 1. The molecule has 1 heterocycles. The van der Waals surface area contributed by atoms with E-state index < -0.39 is 0 Å². The molecule has 0 saturated heterocycles. The Morgan fingerprint density at radius 2 is 2.00 bits per heavy atom. The second kappa shape index (κ2) is 5.39. The molecule has 0 unspecified atom stereocenters. The number of aromatic nitrogens is 1. The Hall–Kier alpha value is -1.25. The molecule has 0 aliphatic carbocycles. The van der Waals surface area contributed by atoms with Crippen molar-refractivity contribution >= 4 is 29.0 Å². The summed E-state index contributed by atoms with van der Waals surface area (Å²) in [4.78, 5) is 4.26. The summed E-state index contributed by atoms with van der Waals surface area (Å²) in [6.07, 6.45) is 1.77. The lowest BCUT2D eigenvalue weighted by Crippen LogP contribution is -2.02. The van der Waals surface area contributed by atoms with E-state index in [4.69, 9.17) is 23.2 Å². The van der Waals surface area contributed by atoms with Crippen LogP contribution in [0.5, 0.6) is 0 Å². The van der Waals surface area contributed by atoms with Crippen LogP contribution in [-0.4, -0.2) is 4.98 Å². The fraction of sp³-hybridized carbons (Fsp3) is 0.154. The van der Waals surface area contributed by atoms with Gasteiger partial charge in [0.25, 0.3) is 0 Å². The van der Waals surface area contributed by atoms with Gasteiger partial charge in [-0.3, -0.25) is 0 Å². The summed E-state index contributed by atoms with van der Waals surface area (Å²) in [5.74, 6) is 0.888. The van der Waals surface area contributed by atoms with Crippen LogP contribution in [0, 0.1) is 6.92 Å². The molecule has 0 aliphatic rings. The van der Waals surface area contributed by atoms with E-state index in [1.807, 2.05) is 31.2 Å². The van der Waals surface area contributed by atoms with Crippen LogP contribution in [0.3, 0.4) is 0 Å². The lowest BCUT2D eigenvalue weighted by atomic mass is 10.2. The molecule has 1 aromatic heterocycles. The predicted octanol–water partition coefficient (Wildman–Crippen LogP) is 4.31. The summed E-state index contributed by atoms with van der Waals surface area (Å²) in [5, 5.41) is 4.41. The molecule has 0 aliphatic heterocycles. The minimum absolute atomic E-state index is 0.573. The maximum Gasteiger partial charge on any atom is 0.129 e. The molecule has 88 valence electrons. The molecule has 17 heavy (non-hydrogen) atoms. The van der Waals surface area contributed by atoms with E-state index in [0.29, 0.717) is 16.6 Å². The van der Waals surface area contributed by atoms with Crippen LogP contribution in [0.15, 0.2) is 36.5 Å². The molecule has 0 radical (unpaired) electrons. The Morgan fingerprint density at radius 1 is 1.18 bits per heavy atom. The molecule has 0 atom stereocenters. The lowest BCUT2D eigenvalue weighted by molar-refractivity contribution is 1.10. The first-order valence-corrected chi connectivity index (χ1v) is 6.02. The second-order valence-electron chi connectivity index (χ2n) is 3.77. The van der Waals surface area contributed by atoms with E-state index in [-0.39, 0.29) is 0 Å². The number of nitrogens with one attached hydrogen (secondary N) is 1. The third-order valence-corrected chi connectivity index (χ3v) is 3.19. The first-order valence-electron chi connectivity index (χ1n) is 5.26. The minimum Gasteiger partial charge on any atom is -0.366 e. The third-order valence-electron chi connectivity index (χ3n) is 2.45. The Bertz CT molecular complexity index is 527. The number of benzene rings is 1. The van der Waals surface area contributed by atoms with Gasteiger partial charge in [-0.1, -0.05) is 35.3 Å². The van der Waals surface area contributed by atoms with Crippen LogP contribution in [0.4, 0.5) is 5.82 Å². The van der Waals surface area contributed by atoms with Crippen LogP contribution >= 0.6 is 23.2 Å². The summed E-state index contributed by atoms with van der Waals surface area (Å²) in [6.45, 7) is 2.69. The van der Waals surface area contributed by atoms with Crippen molar-refractivity contribution in [3.63, 3.8) is 0 Å². The first kappa shape index (κ1) is 12.2. The topological polar surface area (TPSA) is 24.9 Å². The molecule has 0 fully saturated rings. The van der Waals surface area contributed by atoms with Crippen LogP contribution < -0.4 is 5.32 Å². The van der Waals surface area contributed by atoms with Gasteiger partial charge in [0.2, 0.25) is 0 Å². The number of hydrogen-bond acceptors (Lipinski definition) is 2. The zero-order valence-corrected chi connectivity index (χ0v) is 10.9. The van der Waals surface area contributed by atoms with E-state index in [9.17, 15) is 0 Å².